The van der Waals surface area contributed by atoms with Gasteiger partial charge < -0.3 is 15.2 Å². The standard InChI is InChI=1S/C13H17FN2O2/c1-16-6-8(5-15)2-11(16)9-3-12-13(4-10(9)14)18-7-17-12/h3-4,8,11H,2,5-7,15H2,1H3. The minimum Gasteiger partial charge on any atom is -0.454 e. The van der Waals surface area contributed by atoms with Gasteiger partial charge in [0.15, 0.2) is 11.5 Å². The zero-order chi connectivity index (χ0) is 12.7. The fourth-order valence-electron chi connectivity index (χ4n) is 2.83. The van der Waals surface area contributed by atoms with Gasteiger partial charge in [0.1, 0.15) is 5.82 Å². The van der Waals surface area contributed by atoms with E-state index in [0.717, 1.165) is 13.0 Å². The van der Waals surface area contributed by atoms with Crippen molar-refractivity contribution in [3.05, 3.63) is 23.5 Å². The van der Waals surface area contributed by atoms with Gasteiger partial charge in [-0.1, -0.05) is 0 Å². The van der Waals surface area contributed by atoms with Crippen LogP contribution in [0.25, 0.3) is 0 Å². The smallest absolute Gasteiger partial charge is 0.231 e. The zero-order valence-corrected chi connectivity index (χ0v) is 10.4. The summed E-state index contributed by atoms with van der Waals surface area (Å²) in [6, 6.07) is 3.26. The second kappa shape index (κ2) is 4.40. The Bertz CT molecular complexity index is 467. The van der Waals surface area contributed by atoms with Crippen molar-refractivity contribution in [1.29, 1.82) is 0 Å². The average molecular weight is 252 g/mol. The molecule has 98 valence electrons. The van der Waals surface area contributed by atoms with Crippen LogP contribution in [0.5, 0.6) is 11.5 Å². The van der Waals surface area contributed by atoms with Gasteiger partial charge in [-0.3, -0.25) is 4.90 Å². The van der Waals surface area contributed by atoms with E-state index in [0.29, 0.717) is 29.5 Å². The van der Waals surface area contributed by atoms with Crippen molar-refractivity contribution in [2.45, 2.75) is 12.5 Å². The number of likely N-dealkylation sites (tertiary alicyclic amines) is 1. The highest BCUT2D eigenvalue weighted by Crippen LogP contribution is 2.41. The molecule has 1 aromatic carbocycles. The van der Waals surface area contributed by atoms with E-state index in [1.165, 1.54) is 6.07 Å². The van der Waals surface area contributed by atoms with Crippen molar-refractivity contribution in [2.75, 3.05) is 26.9 Å². The molecule has 0 aromatic heterocycles. The minimum atomic E-state index is -0.228. The van der Waals surface area contributed by atoms with Crippen molar-refractivity contribution in [3.8, 4) is 11.5 Å². The molecule has 5 heteroatoms. The summed E-state index contributed by atoms with van der Waals surface area (Å²) >= 11 is 0. The lowest BCUT2D eigenvalue weighted by atomic mass is 9.99. The summed E-state index contributed by atoms with van der Waals surface area (Å²) in [5, 5.41) is 0. The van der Waals surface area contributed by atoms with Crippen molar-refractivity contribution in [1.82, 2.24) is 4.90 Å². The summed E-state index contributed by atoms with van der Waals surface area (Å²) in [4.78, 5) is 2.15. The first kappa shape index (κ1) is 11.7. The summed E-state index contributed by atoms with van der Waals surface area (Å²) < 4.78 is 24.6. The third kappa shape index (κ3) is 1.83. The third-order valence-corrected chi connectivity index (χ3v) is 3.82. The number of ether oxygens (including phenoxy) is 2. The number of nitrogens with two attached hydrogens (primary N) is 1. The van der Waals surface area contributed by atoms with Crippen LogP contribution in [-0.4, -0.2) is 31.8 Å². The zero-order valence-electron chi connectivity index (χ0n) is 10.4. The van der Waals surface area contributed by atoms with Gasteiger partial charge in [-0.25, -0.2) is 4.39 Å². The molecule has 0 aliphatic carbocycles. The van der Waals surface area contributed by atoms with E-state index in [1.807, 2.05) is 7.05 Å². The molecular formula is C13H17FN2O2. The van der Waals surface area contributed by atoms with Crippen molar-refractivity contribution >= 4 is 0 Å². The molecule has 2 unspecified atom stereocenters. The Hall–Kier alpha value is -1.33. The van der Waals surface area contributed by atoms with E-state index in [9.17, 15) is 4.39 Å². The predicted octanol–water partition coefficient (Wildman–Crippen LogP) is 1.51. The van der Waals surface area contributed by atoms with Crippen LogP contribution in [0.2, 0.25) is 0 Å². The van der Waals surface area contributed by atoms with Crippen molar-refractivity contribution < 1.29 is 13.9 Å². The number of hydrogen-bond donors (Lipinski definition) is 1. The number of nitrogens with zero attached hydrogens (tertiary/aromatic N) is 1. The van der Waals surface area contributed by atoms with Crippen LogP contribution in [0.15, 0.2) is 12.1 Å². The molecule has 1 fully saturated rings. The van der Waals surface area contributed by atoms with Crippen LogP contribution in [0, 0.1) is 11.7 Å². The summed E-state index contributed by atoms with van der Waals surface area (Å²) in [6.45, 7) is 1.73. The lowest BCUT2D eigenvalue weighted by Gasteiger charge is -2.20. The SMILES string of the molecule is CN1CC(CN)CC1c1cc2c(cc1F)OCO2. The Morgan fingerprint density at radius 2 is 2.11 bits per heavy atom. The van der Waals surface area contributed by atoms with Gasteiger partial charge in [-0.05, 0) is 32.0 Å². The van der Waals surface area contributed by atoms with Crippen LogP contribution in [0.4, 0.5) is 4.39 Å². The fourth-order valence-corrected chi connectivity index (χ4v) is 2.83. The molecule has 0 bridgehead atoms. The van der Waals surface area contributed by atoms with Crippen LogP contribution < -0.4 is 15.2 Å². The topological polar surface area (TPSA) is 47.7 Å². The van der Waals surface area contributed by atoms with E-state index in [2.05, 4.69) is 4.90 Å². The molecule has 2 N–H and O–H groups in total. The molecule has 18 heavy (non-hydrogen) atoms. The van der Waals surface area contributed by atoms with Gasteiger partial charge >= 0.3 is 0 Å². The van der Waals surface area contributed by atoms with Gasteiger partial charge in [-0.15, -0.1) is 0 Å². The Kier molecular flexibility index (Phi) is 2.87. The van der Waals surface area contributed by atoms with Crippen molar-refractivity contribution in [3.63, 3.8) is 0 Å². The number of halogens is 1. The van der Waals surface area contributed by atoms with Gasteiger partial charge in [-0.2, -0.15) is 0 Å². The van der Waals surface area contributed by atoms with E-state index in [-0.39, 0.29) is 18.7 Å². The molecular weight excluding hydrogens is 235 g/mol. The first-order valence-electron chi connectivity index (χ1n) is 6.18. The van der Waals surface area contributed by atoms with Crippen LogP contribution in [-0.2, 0) is 0 Å². The lowest BCUT2D eigenvalue weighted by molar-refractivity contribution is 0.173. The minimum absolute atomic E-state index is 0.0769. The second-order valence-corrected chi connectivity index (χ2v) is 5.02. The molecule has 2 aliphatic rings. The number of rotatable bonds is 2. The maximum Gasteiger partial charge on any atom is 0.231 e. The Morgan fingerprint density at radius 1 is 1.39 bits per heavy atom. The average Bonchev–Trinajstić information content (AvgIpc) is 2.93. The third-order valence-electron chi connectivity index (χ3n) is 3.82. The van der Waals surface area contributed by atoms with E-state index >= 15 is 0 Å². The predicted molar refractivity (Wildman–Crippen MR) is 65.1 cm³/mol. The maximum atomic E-state index is 14.1. The molecule has 3 rings (SSSR count). The molecule has 0 spiro atoms. The molecule has 1 aromatic rings. The highest BCUT2D eigenvalue weighted by molar-refractivity contribution is 5.46. The molecule has 2 atom stereocenters. The van der Waals surface area contributed by atoms with E-state index in [4.69, 9.17) is 15.2 Å². The molecule has 1 saturated heterocycles. The largest absolute Gasteiger partial charge is 0.454 e. The quantitative estimate of drug-likeness (QED) is 0.866. The second-order valence-electron chi connectivity index (χ2n) is 5.02. The molecule has 0 radical (unpaired) electrons. The van der Waals surface area contributed by atoms with E-state index in [1.54, 1.807) is 6.07 Å². The van der Waals surface area contributed by atoms with Gasteiger partial charge in [0, 0.05) is 24.2 Å². The summed E-state index contributed by atoms with van der Waals surface area (Å²) in [5.74, 6) is 1.34. The number of benzene rings is 1. The Balaban J connectivity index is 1.92. The molecule has 2 heterocycles. The monoisotopic (exact) mass is 252 g/mol. The summed E-state index contributed by atoms with van der Waals surface area (Å²) in [5.41, 5.74) is 6.38. The molecule has 0 amide bonds. The highest BCUT2D eigenvalue weighted by Gasteiger charge is 2.32. The normalized spacial score (nSPS) is 26.8. The summed E-state index contributed by atoms with van der Waals surface area (Å²) in [7, 11) is 2.00. The van der Waals surface area contributed by atoms with Crippen LogP contribution in [0.3, 0.4) is 0 Å². The van der Waals surface area contributed by atoms with Crippen LogP contribution >= 0.6 is 0 Å². The van der Waals surface area contributed by atoms with Crippen molar-refractivity contribution in [2.24, 2.45) is 11.7 Å². The van der Waals surface area contributed by atoms with Crippen LogP contribution in [0.1, 0.15) is 18.0 Å². The molecule has 2 aliphatic heterocycles. The Morgan fingerprint density at radius 3 is 2.78 bits per heavy atom. The summed E-state index contributed by atoms with van der Waals surface area (Å²) in [6.07, 6.45) is 0.892. The van der Waals surface area contributed by atoms with Gasteiger partial charge in [0.05, 0.1) is 0 Å². The molecule has 0 saturated carbocycles. The first-order valence-corrected chi connectivity index (χ1v) is 6.18. The van der Waals surface area contributed by atoms with Gasteiger partial charge in [0.25, 0.3) is 0 Å². The van der Waals surface area contributed by atoms with E-state index < -0.39 is 0 Å². The maximum absolute atomic E-state index is 14.1. The Labute approximate surface area is 105 Å². The number of hydrogen-bond acceptors (Lipinski definition) is 4. The first-order chi connectivity index (χ1) is 8.69. The lowest BCUT2D eigenvalue weighted by Crippen LogP contribution is -2.21. The number of fused-ring (bicyclic) bond motifs is 1. The van der Waals surface area contributed by atoms with Gasteiger partial charge in [0.2, 0.25) is 6.79 Å². The highest BCUT2D eigenvalue weighted by atomic mass is 19.1. The fraction of sp³-hybridized carbons (Fsp3) is 0.538. The molecule has 4 nitrogen and oxygen atoms in total.